The number of pyridine rings is 1. The van der Waals surface area contributed by atoms with Crippen LogP contribution in [0.2, 0.25) is 0 Å². The van der Waals surface area contributed by atoms with E-state index in [0.717, 1.165) is 33.4 Å². The van der Waals surface area contributed by atoms with Gasteiger partial charge in [-0.2, -0.15) is 0 Å². The van der Waals surface area contributed by atoms with Gasteiger partial charge in [-0.3, -0.25) is 9.78 Å². The van der Waals surface area contributed by atoms with Gasteiger partial charge in [0.1, 0.15) is 6.10 Å². The summed E-state index contributed by atoms with van der Waals surface area (Å²) in [5.41, 5.74) is 1.21. The van der Waals surface area contributed by atoms with Crippen LogP contribution < -0.4 is 0 Å². The summed E-state index contributed by atoms with van der Waals surface area (Å²) in [5.74, 6) is -2.40. The second-order valence-corrected chi connectivity index (χ2v) is 7.00. The van der Waals surface area contributed by atoms with E-state index in [1.807, 2.05) is 24.3 Å². The van der Waals surface area contributed by atoms with Crippen LogP contribution in [0.4, 0.5) is 13.6 Å². The molecule has 0 radical (unpaired) electrons. The second kappa shape index (κ2) is 7.58. The Bertz CT molecular complexity index is 1100. The highest BCUT2D eigenvalue weighted by molar-refractivity contribution is 5.94. The van der Waals surface area contributed by atoms with Crippen molar-refractivity contribution < 1.29 is 23.1 Å². The summed E-state index contributed by atoms with van der Waals surface area (Å²) in [6.07, 6.45) is 2.35. The van der Waals surface area contributed by atoms with E-state index in [-0.39, 0.29) is 12.3 Å². The lowest BCUT2D eigenvalue weighted by molar-refractivity contribution is -0.129. The first-order valence-electron chi connectivity index (χ1n) is 9.25. The molecule has 2 aromatic carbocycles. The van der Waals surface area contributed by atoms with Crippen molar-refractivity contribution in [3.8, 4) is 0 Å². The van der Waals surface area contributed by atoms with Crippen LogP contribution in [0.3, 0.4) is 0 Å². The molecule has 1 aliphatic heterocycles. The van der Waals surface area contributed by atoms with E-state index in [4.69, 9.17) is 4.74 Å². The van der Waals surface area contributed by atoms with Gasteiger partial charge < -0.3 is 4.74 Å². The average Bonchev–Trinajstić information content (AvgIpc) is 3.02. The molecule has 0 N–H and O–H groups in total. The lowest BCUT2D eigenvalue weighted by atomic mass is 10.0. The number of amides is 2. The van der Waals surface area contributed by atoms with E-state index in [0.29, 0.717) is 12.0 Å². The summed E-state index contributed by atoms with van der Waals surface area (Å²) in [4.78, 5) is 30.3. The van der Waals surface area contributed by atoms with Gasteiger partial charge in [0.05, 0.1) is 6.04 Å². The molecule has 5 nitrogen and oxygen atoms in total. The van der Waals surface area contributed by atoms with Crippen molar-refractivity contribution >= 4 is 22.8 Å². The number of ether oxygens (including phenoxy) is 1. The lowest BCUT2D eigenvalue weighted by Crippen LogP contribution is -2.37. The van der Waals surface area contributed by atoms with Crippen LogP contribution >= 0.6 is 0 Å². The summed E-state index contributed by atoms with van der Waals surface area (Å²) in [6.45, 7) is 1.65. The van der Waals surface area contributed by atoms with Crippen molar-refractivity contribution in [1.29, 1.82) is 0 Å². The molecule has 0 saturated carbocycles. The van der Waals surface area contributed by atoms with Crippen LogP contribution in [-0.2, 0) is 16.0 Å². The van der Waals surface area contributed by atoms with Gasteiger partial charge in [0.15, 0.2) is 11.6 Å². The summed E-state index contributed by atoms with van der Waals surface area (Å²) in [6, 6.07) is 10.4. The van der Waals surface area contributed by atoms with Crippen LogP contribution in [0.5, 0.6) is 0 Å². The third-order valence-corrected chi connectivity index (χ3v) is 5.17. The van der Waals surface area contributed by atoms with E-state index in [2.05, 4.69) is 4.98 Å². The van der Waals surface area contributed by atoms with Gasteiger partial charge >= 0.3 is 6.09 Å². The van der Waals surface area contributed by atoms with Gasteiger partial charge in [0, 0.05) is 24.2 Å². The monoisotopic (exact) mass is 396 g/mol. The van der Waals surface area contributed by atoms with Crippen molar-refractivity contribution in [2.24, 2.45) is 0 Å². The normalized spacial score (nSPS) is 18.9. The highest BCUT2D eigenvalue weighted by atomic mass is 19.2. The lowest BCUT2D eigenvalue weighted by Gasteiger charge is -2.19. The quantitative estimate of drug-likeness (QED) is 0.649. The SMILES string of the molecule is C[C@H]1[C@@H](c2ccc(F)c(F)c2)OC(=O)N1C(=O)CCc1cncc2ccccc12. The Kier molecular flexibility index (Phi) is 4.96. The second-order valence-electron chi connectivity index (χ2n) is 7.00. The first-order chi connectivity index (χ1) is 14.0. The zero-order chi connectivity index (χ0) is 20.5. The third kappa shape index (κ3) is 3.55. The number of aromatic nitrogens is 1. The molecule has 1 saturated heterocycles. The van der Waals surface area contributed by atoms with Crippen molar-refractivity contribution in [2.75, 3.05) is 0 Å². The number of halogens is 2. The first kappa shape index (κ1) is 19.0. The molecule has 2 atom stereocenters. The number of carbonyl (C=O) groups is 2. The number of cyclic esters (lactones) is 1. The minimum atomic E-state index is -1.03. The number of carbonyl (C=O) groups excluding carboxylic acids is 2. The number of aryl methyl sites for hydroxylation is 1. The molecule has 1 aromatic heterocycles. The molecule has 0 unspecified atom stereocenters. The van der Waals surface area contributed by atoms with Crippen LogP contribution in [0.25, 0.3) is 10.8 Å². The van der Waals surface area contributed by atoms with Crippen molar-refractivity contribution in [3.05, 3.63) is 77.6 Å². The summed E-state index contributed by atoms with van der Waals surface area (Å²) in [5, 5.41) is 1.98. The zero-order valence-electron chi connectivity index (χ0n) is 15.6. The maximum Gasteiger partial charge on any atom is 0.417 e. The minimum Gasteiger partial charge on any atom is -0.439 e. The minimum absolute atomic E-state index is 0.0969. The Morgan fingerprint density at radius 3 is 2.72 bits per heavy atom. The molecule has 148 valence electrons. The fourth-order valence-electron chi connectivity index (χ4n) is 3.67. The fraction of sp³-hybridized carbons (Fsp3) is 0.227. The first-order valence-corrected chi connectivity index (χ1v) is 9.25. The predicted octanol–water partition coefficient (Wildman–Crippen LogP) is 4.55. The molecule has 0 bridgehead atoms. The van der Waals surface area contributed by atoms with Crippen molar-refractivity contribution in [3.63, 3.8) is 0 Å². The van der Waals surface area contributed by atoms with Crippen molar-refractivity contribution in [1.82, 2.24) is 9.88 Å². The topological polar surface area (TPSA) is 59.5 Å². The predicted molar refractivity (Wildman–Crippen MR) is 102 cm³/mol. The van der Waals surface area contributed by atoms with Gasteiger partial charge in [0.25, 0.3) is 0 Å². The van der Waals surface area contributed by atoms with Crippen LogP contribution in [0, 0.1) is 11.6 Å². The number of hydrogen-bond donors (Lipinski definition) is 0. The van der Waals surface area contributed by atoms with Crippen LogP contribution in [-0.4, -0.2) is 27.9 Å². The van der Waals surface area contributed by atoms with Crippen LogP contribution in [0.15, 0.2) is 54.9 Å². The molecule has 3 aromatic rings. The highest BCUT2D eigenvalue weighted by Crippen LogP contribution is 2.33. The number of hydrogen-bond acceptors (Lipinski definition) is 4. The Hall–Kier alpha value is -3.35. The van der Waals surface area contributed by atoms with E-state index >= 15 is 0 Å². The van der Waals surface area contributed by atoms with E-state index in [1.54, 1.807) is 19.3 Å². The Morgan fingerprint density at radius 1 is 1.14 bits per heavy atom. The Labute approximate surface area is 165 Å². The van der Waals surface area contributed by atoms with Gasteiger partial charge in [-0.15, -0.1) is 0 Å². The fourth-order valence-corrected chi connectivity index (χ4v) is 3.67. The molecular weight excluding hydrogens is 378 g/mol. The smallest absolute Gasteiger partial charge is 0.417 e. The van der Waals surface area contributed by atoms with E-state index < -0.39 is 29.9 Å². The molecule has 4 rings (SSSR count). The number of benzene rings is 2. The maximum absolute atomic E-state index is 13.5. The molecular formula is C22H18F2N2O3. The number of nitrogens with zero attached hydrogens (tertiary/aromatic N) is 2. The molecule has 0 aliphatic carbocycles. The van der Waals surface area contributed by atoms with Crippen LogP contribution in [0.1, 0.15) is 30.6 Å². The summed E-state index contributed by atoms with van der Waals surface area (Å²) >= 11 is 0. The van der Waals surface area contributed by atoms with E-state index in [1.165, 1.54) is 6.07 Å². The molecule has 2 heterocycles. The molecule has 2 amide bonds. The molecule has 1 fully saturated rings. The Morgan fingerprint density at radius 2 is 1.93 bits per heavy atom. The third-order valence-electron chi connectivity index (χ3n) is 5.17. The van der Waals surface area contributed by atoms with Gasteiger partial charge in [-0.05, 0) is 42.0 Å². The molecule has 7 heteroatoms. The standard InChI is InChI=1S/C22H18F2N2O3/c1-13-21(14-6-8-18(23)19(24)10-14)29-22(28)26(13)20(27)9-7-16-12-25-11-15-4-2-3-5-17(15)16/h2-6,8,10-13,21H,7,9H2,1H3/t13-,21-/m0/s1. The summed E-state index contributed by atoms with van der Waals surface area (Å²) in [7, 11) is 0. The van der Waals surface area contributed by atoms with Crippen molar-refractivity contribution in [2.45, 2.75) is 31.9 Å². The number of imide groups is 1. The molecule has 0 spiro atoms. The molecule has 29 heavy (non-hydrogen) atoms. The maximum atomic E-state index is 13.5. The highest BCUT2D eigenvalue weighted by Gasteiger charge is 2.43. The van der Waals surface area contributed by atoms with E-state index in [9.17, 15) is 18.4 Å². The number of fused-ring (bicyclic) bond motifs is 1. The zero-order valence-corrected chi connectivity index (χ0v) is 15.6. The number of rotatable bonds is 4. The largest absolute Gasteiger partial charge is 0.439 e. The Balaban J connectivity index is 1.49. The summed E-state index contributed by atoms with van der Waals surface area (Å²) < 4.78 is 32.0. The van der Waals surface area contributed by atoms with Gasteiger partial charge in [0.2, 0.25) is 5.91 Å². The van der Waals surface area contributed by atoms with Gasteiger partial charge in [-0.25, -0.2) is 18.5 Å². The van der Waals surface area contributed by atoms with Gasteiger partial charge in [-0.1, -0.05) is 30.3 Å². The average molecular weight is 396 g/mol. The molecule has 1 aliphatic rings.